The first kappa shape index (κ1) is 24.1. The molecule has 0 saturated heterocycles. The highest BCUT2D eigenvalue weighted by Gasteiger charge is 2.26. The van der Waals surface area contributed by atoms with Gasteiger partial charge in [0.15, 0.2) is 0 Å². The van der Waals surface area contributed by atoms with Gasteiger partial charge in [-0.3, -0.25) is 9.59 Å². The van der Waals surface area contributed by atoms with Gasteiger partial charge in [-0.2, -0.15) is 0 Å². The fourth-order valence-corrected chi connectivity index (χ4v) is 3.84. The zero-order valence-electron chi connectivity index (χ0n) is 17.5. The van der Waals surface area contributed by atoms with Crippen LogP contribution in [0.3, 0.4) is 0 Å². The summed E-state index contributed by atoms with van der Waals surface area (Å²) in [7, 11) is 0. The van der Waals surface area contributed by atoms with E-state index in [0.29, 0.717) is 21.6 Å². The zero-order valence-corrected chi connectivity index (χ0v) is 19.8. The highest BCUT2D eigenvalue weighted by molar-refractivity contribution is 6.35. The summed E-state index contributed by atoms with van der Waals surface area (Å²) in [5.74, 6) is -0.412. The Balaban J connectivity index is 1.74. The van der Waals surface area contributed by atoms with E-state index in [0.717, 1.165) is 16.7 Å². The molecule has 3 aromatic carbocycles. The van der Waals surface area contributed by atoms with E-state index in [2.05, 4.69) is 5.32 Å². The number of rotatable bonds is 8. The molecule has 0 fully saturated rings. The van der Waals surface area contributed by atoms with Crippen molar-refractivity contribution >= 4 is 46.6 Å². The summed E-state index contributed by atoms with van der Waals surface area (Å²) in [6.07, 6.45) is 0.203. The van der Waals surface area contributed by atoms with Crippen molar-refractivity contribution in [1.29, 1.82) is 0 Å². The highest BCUT2D eigenvalue weighted by Crippen LogP contribution is 2.21. The number of hydrogen-bond donors (Lipinski definition) is 1. The minimum absolute atomic E-state index is 0.140. The van der Waals surface area contributed by atoms with Crippen LogP contribution in [-0.2, 0) is 29.1 Å². The van der Waals surface area contributed by atoms with E-state index >= 15 is 0 Å². The van der Waals surface area contributed by atoms with Crippen molar-refractivity contribution < 1.29 is 9.59 Å². The molecule has 0 saturated carbocycles. The van der Waals surface area contributed by atoms with Crippen LogP contribution in [0.5, 0.6) is 0 Å². The summed E-state index contributed by atoms with van der Waals surface area (Å²) in [6.45, 7) is 2.25. The minimum atomic E-state index is -0.687. The molecule has 3 rings (SSSR count). The van der Waals surface area contributed by atoms with Crippen molar-refractivity contribution in [2.24, 2.45) is 0 Å². The molecule has 0 heterocycles. The predicted octanol–water partition coefficient (Wildman–Crippen LogP) is 5.92. The van der Waals surface area contributed by atoms with Gasteiger partial charge in [0.05, 0.1) is 6.42 Å². The highest BCUT2D eigenvalue weighted by atomic mass is 35.5. The average molecular weight is 490 g/mol. The summed E-state index contributed by atoms with van der Waals surface area (Å²) in [6, 6.07) is 21.1. The lowest BCUT2D eigenvalue weighted by Crippen LogP contribution is -2.48. The van der Waals surface area contributed by atoms with Gasteiger partial charge in [-0.25, -0.2) is 0 Å². The molecule has 0 aliphatic carbocycles. The van der Waals surface area contributed by atoms with Crippen molar-refractivity contribution in [2.45, 2.75) is 32.5 Å². The molecule has 2 amide bonds. The minimum Gasteiger partial charge on any atom is -0.350 e. The number of amides is 2. The van der Waals surface area contributed by atoms with Gasteiger partial charge in [0, 0.05) is 28.2 Å². The van der Waals surface area contributed by atoms with Gasteiger partial charge in [0.2, 0.25) is 11.8 Å². The number of carbonyl (C=O) groups excluding carboxylic acids is 2. The Morgan fingerprint density at radius 3 is 2.19 bits per heavy atom. The Morgan fingerprint density at radius 2 is 1.53 bits per heavy atom. The normalized spacial score (nSPS) is 11.6. The van der Waals surface area contributed by atoms with Crippen molar-refractivity contribution in [3.05, 3.63) is 105 Å². The van der Waals surface area contributed by atoms with Gasteiger partial charge in [0.25, 0.3) is 0 Å². The smallest absolute Gasteiger partial charge is 0.242 e. The van der Waals surface area contributed by atoms with Crippen LogP contribution in [0.1, 0.15) is 23.6 Å². The van der Waals surface area contributed by atoms with Crippen LogP contribution >= 0.6 is 34.8 Å². The molecule has 0 aromatic heterocycles. The lowest BCUT2D eigenvalue weighted by atomic mass is 10.1. The third-order valence-corrected chi connectivity index (χ3v) is 5.94. The van der Waals surface area contributed by atoms with E-state index in [1.807, 2.05) is 42.5 Å². The molecule has 166 valence electrons. The molecule has 0 spiro atoms. The SMILES string of the molecule is C[C@H](C(=O)NCc1ccc(Cl)cc1Cl)N(Cc1ccc(Cl)cc1)C(=O)Cc1ccccc1. The van der Waals surface area contributed by atoms with E-state index < -0.39 is 6.04 Å². The molecule has 0 bridgehead atoms. The third kappa shape index (κ3) is 6.73. The Labute approximate surface area is 203 Å². The van der Waals surface area contributed by atoms with Crippen molar-refractivity contribution in [3.63, 3.8) is 0 Å². The van der Waals surface area contributed by atoms with Crippen molar-refractivity contribution in [2.75, 3.05) is 0 Å². The zero-order chi connectivity index (χ0) is 23.1. The summed E-state index contributed by atoms with van der Waals surface area (Å²) >= 11 is 18.1. The largest absolute Gasteiger partial charge is 0.350 e. The summed E-state index contributed by atoms with van der Waals surface area (Å²) in [4.78, 5) is 27.7. The lowest BCUT2D eigenvalue weighted by Gasteiger charge is -2.29. The van der Waals surface area contributed by atoms with Gasteiger partial charge in [-0.05, 0) is 47.9 Å². The second-order valence-corrected chi connectivity index (χ2v) is 8.72. The van der Waals surface area contributed by atoms with Crippen LogP contribution in [0.4, 0.5) is 0 Å². The predicted molar refractivity (Wildman–Crippen MR) is 130 cm³/mol. The topological polar surface area (TPSA) is 49.4 Å². The number of halogens is 3. The molecule has 0 aliphatic heterocycles. The van der Waals surface area contributed by atoms with E-state index in [-0.39, 0.29) is 24.8 Å². The number of benzene rings is 3. The Kier molecular flexibility index (Phi) is 8.57. The summed E-state index contributed by atoms with van der Waals surface area (Å²) in [5.41, 5.74) is 2.52. The summed E-state index contributed by atoms with van der Waals surface area (Å²) in [5, 5.41) is 4.49. The molecule has 7 heteroatoms. The molecule has 0 radical (unpaired) electrons. The van der Waals surface area contributed by atoms with Crippen LogP contribution in [0.25, 0.3) is 0 Å². The first-order valence-corrected chi connectivity index (χ1v) is 11.3. The molecular weight excluding hydrogens is 467 g/mol. The van der Waals surface area contributed by atoms with Gasteiger partial charge in [-0.15, -0.1) is 0 Å². The second kappa shape index (κ2) is 11.4. The van der Waals surface area contributed by atoms with E-state index in [9.17, 15) is 9.59 Å². The first-order chi connectivity index (χ1) is 15.3. The lowest BCUT2D eigenvalue weighted by molar-refractivity contribution is -0.140. The molecule has 3 aromatic rings. The molecule has 0 aliphatic rings. The van der Waals surface area contributed by atoms with Gasteiger partial charge < -0.3 is 10.2 Å². The maximum atomic E-state index is 13.2. The van der Waals surface area contributed by atoms with Crippen LogP contribution in [0.15, 0.2) is 72.8 Å². The fraction of sp³-hybridized carbons (Fsp3) is 0.200. The van der Waals surface area contributed by atoms with Crippen LogP contribution in [-0.4, -0.2) is 22.8 Å². The van der Waals surface area contributed by atoms with Crippen molar-refractivity contribution in [3.8, 4) is 0 Å². The molecule has 1 N–H and O–H groups in total. The third-order valence-electron chi connectivity index (χ3n) is 5.10. The Bertz CT molecular complexity index is 1070. The number of nitrogens with one attached hydrogen (secondary N) is 1. The van der Waals surface area contributed by atoms with E-state index in [4.69, 9.17) is 34.8 Å². The fourth-order valence-electron chi connectivity index (χ4n) is 3.24. The average Bonchev–Trinajstić information content (AvgIpc) is 2.78. The number of hydrogen-bond acceptors (Lipinski definition) is 2. The maximum absolute atomic E-state index is 13.2. The second-order valence-electron chi connectivity index (χ2n) is 7.44. The van der Waals surface area contributed by atoms with Gasteiger partial charge >= 0.3 is 0 Å². The van der Waals surface area contributed by atoms with Crippen LogP contribution in [0.2, 0.25) is 15.1 Å². The number of carbonyl (C=O) groups is 2. The standard InChI is InChI=1S/C25H23Cl3N2O2/c1-17(25(32)29-15-20-9-12-22(27)14-23(20)28)30(16-19-7-10-21(26)11-8-19)24(31)13-18-5-3-2-4-6-18/h2-12,14,17H,13,15-16H2,1H3,(H,29,32)/t17-/m1/s1. The monoisotopic (exact) mass is 488 g/mol. The van der Waals surface area contributed by atoms with E-state index in [1.165, 1.54) is 0 Å². The van der Waals surface area contributed by atoms with Crippen molar-refractivity contribution in [1.82, 2.24) is 10.2 Å². The molecule has 1 atom stereocenters. The summed E-state index contributed by atoms with van der Waals surface area (Å²) < 4.78 is 0. The molecule has 0 unspecified atom stereocenters. The maximum Gasteiger partial charge on any atom is 0.242 e. The van der Waals surface area contributed by atoms with Gasteiger partial charge in [-0.1, -0.05) is 83.3 Å². The number of nitrogens with zero attached hydrogens (tertiary/aromatic N) is 1. The quantitative estimate of drug-likeness (QED) is 0.427. The molecule has 32 heavy (non-hydrogen) atoms. The van der Waals surface area contributed by atoms with E-state index in [1.54, 1.807) is 42.2 Å². The Morgan fingerprint density at radius 1 is 0.875 bits per heavy atom. The Hall–Kier alpha value is -2.53. The molecule has 4 nitrogen and oxygen atoms in total. The van der Waals surface area contributed by atoms with Crippen LogP contribution in [0, 0.1) is 0 Å². The van der Waals surface area contributed by atoms with Crippen LogP contribution < -0.4 is 5.32 Å². The van der Waals surface area contributed by atoms with Gasteiger partial charge in [0.1, 0.15) is 6.04 Å². The first-order valence-electron chi connectivity index (χ1n) is 10.1. The molecular formula is C25H23Cl3N2O2.